The van der Waals surface area contributed by atoms with Crippen molar-refractivity contribution >= 4 is 43.0 Å². The van der Waals surface area contributed by atoms with E-state index in [0.717, 1.165) is 48.7 Å². The van der Waals surface area contributed by atoms with Gasteiger partial charge in [0.1, 0.15) is 4.90 Å². The molecule has 10 heteroatoms. The molecule has 0 saturated carbocycles. The smallest absolute Gasteiger partial charge is 0.408 e. The van der Waals surface area contributed by atoms with Crippen LogP contribution in [0, 0.1) is 0 Å². The zero-order valence-electron chi connectivity index (χ0n) is 17.9. The lowest BCUT2D eigenvalue weighted by Crippen LogP contribution is -2.37. The molecule has 0 unspecified atom stereocenters. The van der Waals surface area contributed by atoms with E-state index in [-0.39, 0.29) is 28.8 Å². The number of halogens is 1. The Hall–Kier alpha value is -2.43. The summed E-state index contributed by atoms with van der Waals surface area (Å²) in [5, 5.41) is 0. The van der Waals surface area contributed by atoms with Crippen molar-refractivity contribution in [1.82, 2.24) is 13.8 Å². The Balaban J connectivity index is 1.13. The number of carbonyl (C=O) groups is 1. The van der Waals surface area contributed by atoms with Crippen LogP contribution >= 0.6 is 15.9 Å². The van der Waals surface area contributed by atoms with Crippen molar-refractivity contribution < 1.29 is 17.6 Å². The third-order valence-corrected chi connectivity index (χ3v) is 8.83. The summed E-state index contributed by atoms with van der Waals surface area (Å²) in [5.41, 5.74) is 1.68. The standard InChI is InChI=1S/C23H24BrN3O5S/c24-16-7-8-21-18(15-16)22(28)26(33(21,30)31)12-4-3-11-25-13-9-17(10-14-25)27-19-5-1-2-6-20(19)32-23(27)29/h1-2,5-8,15,17H,3-4,9-14H2. The normalized spacial score (nSPS) is 18.8. The number of nitrogens with zero attached hydrogens (tertiary/aromatic N) is 3. The molecule has 174 valence electrons. The van der Waals surface area contributed by atoms with Gasteiger partial charge in [-0.25, -0.2) is 17.5 Å². The van der Waals surface area contributed by atoms with Gasteiger partial charge in [0, 0.05) is 30.1 Å². The fraction of sp³-hybridized carbons (Fsp3) is 0.391. The molecule has 2 aliphatic rings. The van der Waals surface area contributed by atoms with Gasteiger partial charge in [-0.1, -0.05) is 28.1 Å². The molecule has 0 bridgehead atoms. The number of hydrogen-bond acceptors (Lipinski definition) is 6. The highest BCUT2D eigenvalue weighted by Crippen LogP contribution is 2.32. The van der Waals surface area contributed by atoms with Gasteiger partial charge in [-0.15, -0.1) is 0 Å². The number of rotatable bonds is 6. The number of carbonyl (C=O) groups excluding carboxylic acids is 1. The SMILES string of the molecule is O=C1c2cc(Br)ccc2S(=O)(=O)N1CCCCN1CCC(n2c(=O)oc3ccccc32)CC1. The van der Waals surface area contributed by atoms with Crippen LogP contribution in [0.1, 0.15) is 42.1 Å². The van der Waals surface area contributed by atoms with Gasteiger partial charge < -0.3 is 9.32 Å². The van der Waals surface area contributed by atoms with Crippen molar-refractivity contribution in [2.45, 2.75) is 36.6 Å². The molecule has 2 aliphatic heterocycles. The molecule has 1 aromatic heterocycles. The molecule has 3 aromatic rings. The first-order valence-electron chi connectivity index (χ1n) is 11.1. The molecule has 0 N–H and O–H groups in total. The Morgan fingerprint density at radius 1 is 1.00 bits per heavy atom. The van der Waals surface area contributed by atoms with E-state index in [1.54, 1.807) is 16.7 Å². The molecule has 2 aromatic carbocycles. The van der Waals surface area contributed by atoms with E-state index in [4.69, 9.17) is 4.42 Å². The summed E-state index contributed by atoms with van der Waals surface area (Å²) in [7, 11) is -3.76. The Morgan fingerprint density at radius 2 is 1.73 bits per heavy atom. The predicted molar refractivity (Wildman–Crippen MR) is 127 cm³/mol. The Labute approximate surface area is 200 Å². The van der Waals surface area contributed by atoms with Crippen LogP contribution in [-0.4, -0.2) is 54.3 Å². The highest BCUT2D eigenvalue weighted by molar-refractivity contribution is 9.10. The fourth-order valence-electron chi connectivity index (χ4n) is 4.80. The molecule has 1 fully saturated rings. The predicted octanol–water partition coefficient (Wildman–Crippen LogP) is 3.62. The number of oxazole rings is 1. The third-order valence-electron chi connectivity index (χ3n) is 6.49. The van der Waals surface area contributed by atoms with Gasteiger partial charge in [-0.05, 0) is 62.6 Å². The number of sulfonamides is 1. The highest BCUT2D eigenvalue weighted by Gasteiger charge is 2.40. The number of fused-ring (bicyclic) bond motifs is 2. The largest absolute Gasteiger partial charge is 0.420 e. The average molecular weight is 534 g/mol. The van der Waals surface area contributed by atoms with Gasteiger partial charge in [0.05, 0.1) is 11.1 Å². The molecule has 5 rings (SSSR count). The van der Waals surface area contributed by atoms with Gasteiger partial charge in [0.25, 0.3) is 15.9 Å². The van der Waals surface area contributed by atoms with Gasteiger partial charge >= 0.3 is 5.76 Å². The molecule has 33 heavy (non-hydrogen) atoms. The highest BCUT2D eigenvalue weighted by atomic mass is 79.9. The number of aromatic nitrogens is 1. The second-order valence-electron chi connectivity index (χ2n) is 8.51. The van der Waals surface area contributed by atoms with Crippen LogP contribution < -0.4 is 5.76 Å². The minimum Gasteiger partial charge on any atom is -0.408 e. The Kier molecular flexibility index (Phi) is 5.92. The van der Waals surface area contributed by atoms with E-state index in [2.05, 4.69) is 20.8 Å². The molecule has 0 aliphatic carbocycles. The number of hydrogen-bond donors (Lipinski definition) is 0. The van der Waals surface area contributed by atoms with Gasteiger partial charge in [-0.2, -0.15) is 0 Å². The molecule has 1 amide bonds. The maximum Gasteiger partial charge on any atom is 0.420 e. The molecular weight excluding hydrogens is 510 g/mol. The number of para-hydroxylation sites is 2. The summed E-state index contributed by atoms with van der Waals surface area (Å²) in [5.74, 6) is -0.760. The number of piperidine rings is 1. The molecule has 3 heterocycles. The van der Waals surface area contributed by atoms with Crippen molar-refractivity contribution in [1.29, 1.82) is 0 Å². The first-order valence-corrected chi connectivity index (χ1v) is 13.3. The van der Waals surface area contributed by atoms with Crippen LogP contribution in [0.4, 0.5) is 0 Å². The average Bonchev–Trinajstić information content (AvgIpc) is 3.22. The van der Waals surface area contributed by atoms with Crippen LogP contribution in [0.25, 0.3) is 11.1 Å². The Bertz CT molecular complexity index is 1370. The summed E-state index contributed by atoms with van der Waals surface area (Å²) in [6.07, 6.45) is 3.10. The lowest BCUT2D eigenvalue weighted by atomic mass is 10.0. The van der Waals surface area contributed by atoms with Crippen LogP contribution in [0.2, 0.25) is 0 Å². The molecule has 0 radical (unpaired) electrons. The van der Waals surface area contributed by atoms with Gasteiger partial charge in [-0.3, -0.25) is 9.36 Å². The van der Waals surface area contributed by atoms with Crippen molar-refractivity contribution in [3.8, 4) is 0 Å². The van der Waals surface area contributed by atoms with E-state index in [1.165, 1.54) is 6.07 Å². The van der Waals surface area contributed by atoms with E-state index >= 15 is 0 Å². The van der Waals surface area contributed by atoms with Gasteiger partial charge in [0.15, 0.2) is 5.58 Å². The van der Waals surface area contributed by atoms with Crippen molar-refractivity contribution in [3.05, 3.63) is 63.1 Å². The van der Waals surface area contributed by atoms with Gasteiger partial charge in [0.2, 0.25) is 0 Å². The van der Waals surface area contributed by atoms with Crippen molar-refractivity contribution in [2.75, 3.05) is 26.2 Å². The zero-order valence-corrected chi connectivity index (χ0v) is 20.3. The minimum absolute atomic E-state index is 0.0831. The summed E-state index contributed by atoms with van der Waals surface area (Å²) in [6.45, 7) is 2.72. The minimum atomic E-state index is -3.76. The molecule has 0 spiro atoms. The zero-order chi connectivity index (χ0) is 23.2. The maximum absolute atomic E-state index is 12.7. The Morgan fingerprint density at radius 3 is 2.52 bits per heavy atom. The number of amides is 1. The molecule has 0 atom stereocenters. The maximum atomic E-state index is 12.7. The topological polar surface area (TPSA) is 92.8 Å². The number of benzene rings is 2. The van der Waals surface area contributed by atoms with Crippen molar-refractivity contribution in [2.24, 2.45) is 0 Å². The van der Waals surface area contributed by atoms with E-state index in [0.29, 0.717) is 16.5 Å². The van der Waals surface area contributed by atoms with Crippen LogP contribution in [0.3, 0.4) is 0 Å². The van der Waals surface area contributed by atoms with Crippen LogP contribution in [0.15, 0.2) is 61.0 Å². The second kappa shape index (κ2) is 8.73. The third kappa shape index (κ3) is 4.04. The first kappa shape index (κ1) is 22.4. The second-order valence-corrected chi connectivity index (χ2v) is 11.3. The van der Waals surface area contributed by atoms with E-state index < -0.39 is 15.9 Å². The lowest BCUT2D eigenvalue weighted by Gasteiger charge is -2.32. The monoisotopic (exact) mass is 533 g/mol. The summed E-state index contributed by atoms with van der Waals surface area (Å²) >= 11 is 3.30. The molecule has 8 nitrogen and oxygen atoms in total. The quantitative estimate of drug-likeness (QED) is 0.449. The van der Waals surface area contributed by atoms with Crippen LogP contribution in [0.5, 0.6) is 0 Å². The molecular formula is C23H24BrN3O5S. The van der Waals surface area contributed by atoms with Crippen molar-refractivity contribution in [3.63, 3.8) is 0 Å². The first-order chi connectivity index (χ1) is 15.9. The van der Waals surface area contributed by atoms with Crippen LogP contribution in [-0.2, 0) is 10.0 Å². The van der Waals surface area contributed by atoms with E-state index in [9.17, 15) is 18.0 Å². The summed E-state index contributed by atoms with van der Waals surface area (Å²) in [4.78, 5) is 27.4. The summed E-state index contributed by atoms with van der Waals surface area (Å²) in [6, 6.07) is 12.3. The number of likely N-dealkylation sites (tertiary alicyclic amines) is 1. The fourth-order valence-corrected chi connectivity index (χ4v) is 6.75. The van der Waals surface area contributed by atoms with E-state index in [1.807, 2.05) is 24.3 Å². The summed E-state index contributed by atoms with van der Waals surface area (Å²) < 4.78 is 34.2. The lowest BCUT2D eigenvalue weighted by molar-refractivity contribution is 0.0868. The molecule has 1 saturated heterocycles. The number of unbranched alkanes of at least 4 members (excludes halogenated alkanes) is 1.